The Morgan fingerprint density at radius 1 is 1.31 bits per heavy atom. The van der Waals surface area contributed by atoms with E-state index in [9.17, 15) is 4.79 Å². The van der Waals surface area contributed by atoms with Crippen molar-refractivity contribution in [3.8, 4) is 0 Å². The molecule has 2 atom stereocenters. The summed E-state index contributed by atoms with van der Waals surface area (Å²) >= 11 is 0. The lowest BCUT2D eigenvalue weighted by molar-refractivity contribution is -0.108. The molecule has 2 unspecified atom stereocenters. The lowest BCUT2D eigenvalue weighted by Crippen LogP contribution is -2.42. The third-order valence-corrected chi connectivity index (χ3v) is 5.40. The molecule has 1 aromatic carbocycles. The van der Waals surface area contributed by atoms with Crippen LogP contribution in [0.2, 0.25) is 0 Å². The fraction of sp³-hybridized carbons (Fsp3) is 0.478. The largest absolute Gasteiger partial charge is 0.327 e. The minimum Gasteiger partial charge on any atom is -0.327 e. The average molecular weight is 398 g/mol. The van der Waals surface area contributed by atoms with Gasteiger partial charge in [0.25, 0.3) is 0 Å². The number of rotatable bonds is 3. The number of amides is 1. The Kier molecular flexibility index (Phi) is 10.3. The van der Waals surface area contributed by atoms with E-state index in [0.29, 0.717) is 13.0 Å². The highest BCUT2D eigenvalue weighted by Gasteiger charge is 2.30. The molecule has 3 heterocycles. The van der Waals surface area contributed by atoms with E-state index in [0.717, 1.165) is 30.6 Å². The fourth-order valence-corrected chi connectivity index (χ4v) is 3.82. The van der Waals surface area contributed by atoms with Crippen LogP contribution in [0.15, 0.2) is 54.2 Å². The van der Waals surface area contributed by atoms with E-state index in [1.54, 1.807) is 6.08 Å². The second kappa shape index (κ2) is 13.0. The van der Waals surface area contributed by atoms with Gasteiger partial charge in [-0.15, -0.1) is 6.58 Å². The number of aliphatic imine (C=N–C) groups is 1. The van der Waals surface area contributed by atoms with E-state index < -0.39 is 0 Å². The molecule has 3 aliphatic rings. The number of amidine groups is 1. The Balaban J connectivity index is 0.000000184. The molecule has 4 rings (SSSR count). The summed E-state index contributed by atoms with van der Waals surface area (Å²) in [6, 6.07) is 11.0. The number of hydrogen-bond acceptors (Lipinski definition) is 5. The highest BCUT2D eigenvalue weighted by atomic mass is 16.1. The number of nitrogens with zero attached hydrogens (tertiary/aromatic N) is 2. The Labute approximate surface area is 175 Å². The molecular weight excluding hydrogens is 362 g/mol. The van der Waals surface area contributed by atoms with Crippen molar-refractivity contribution >= 4 is 17.8 Å². The van der Waals surface area contributed by atoms with Gasteiger partial charge in [0.2, 0.25) is 6.41 Å². The van der Waals surface area contributed by atoms with E-state index in [2.05, 4.69) is 46.3 Å². The summed E-state index contributed by atoms with van der Waals surface area (Å²) in [6.45, 7) is 7.79. The first kappa shape index (κ1) is 23.0. The van der Waals surface area contributed by atoms with Gasteiger partial charge in [0.15, 0.2) is 0 Å². The number of fused-ring (bicyclic) bond motifs is 1. The van der Waals surface area contributed by atoms with Gasteiger partial charge < -0.3 is 21.3 Å². The van der Waals surface area contributed by atoms with Gasteiger partial charge in [0, 0.05) is 31.8 Å². The third kappa shape index (κ3) is 7.93. The first-order valence-electron chi connectivity index (χ1n) is 10.4. The molecule has 0 aliphatic carbocycles. The molecular formula is C23H35N5O. The molecule has 0 saturated carbocycles. The lowest BCUT2D eigenvalue weighted by atomic mass is 9.94. The van der Waals surface area contributed by atoms with Crippen molar-refractivity contribution in [1.29, 1.82) is 0 Å². The van der Waals surface area contributed by atoms with Gasteiger partial charge in [-0.2, -0.15) is 0 Å². The number of carbonyl (C=O) groups is 1. The molecule has 1 aromatic rings. The molecule has 2 saturated heterocycles. The van der Waals surface area contributed by atoms with Crippen molar-refractivity contribution in [1.82, 2.24) is 15.5 Å². The molecule has 0 aromatic heterocycles. The Morgan fingerprint density at radius 2 is 2.07 bits per heavy atom. The first-order chi connectivity index (χ1) is 14.2. The predicted octanol–water partition coefficient (Wildman–Crippen LogP) is 2.40. The zero-order valence-electron chi connectivity index (χ0n) is 17.5. The number of allylic oxidation sites excluding steroid dienone is 1. The van der Waals surface area contributed by atoms with Crippen LogP contribution in [0, 0.1) is 5.92 Å². The quantitative estimate of drug-likeness (QED) is 0.540. The van der Waals surface area contributed by atoms with Crippen molar-refractivity contribution in [2.45, 2.75) is 31.7 Å². The van der Waals surface area contributed by atoms with Crippen molar-refractivity contribution in [3.63, 3.8) is 0 Å². The lowest BCUT2D eigenvalue weighted by Gasteiger charge is -2.31. The Hall–Kier alpha value is -2.28. The SMILES string of the molecule is C=CCN.CN1CCC2NCCC2C1.O=CNC1=NC=C(c2ccccc2)CC1. The number of benzene rings is 1. The van der Waals surface area contributed by atoms with Crippen LogP contribution in [0.25, 0.3) is 5.57 Å². The van der Waals surface area contributed by atoms with Crippen LogP contribution in [0.3, 0.4) is 0 Å². The number of carbonyl (C=O) groups excluding carboxylic acids is 1. The van der Waals surface area contributed by atoms with Gasteiger partial charge >= 0.3 is 0 Å². The molecule has 2 fully saturated rings. The summed E-state index contributed by atoms with van der Waals surface area (Å²) in [4.78, 5) is 16.9. The standard InChI is InChI=1S/C12H12N2O.C8H16N2.C3H7N/c15-9-14-12-7-6-11(8-13-12)10-4-2-1-3-5-10;1-10-5-3-8-7(6-10)2-4-9-8;1-2-3-4/h1-5,8-9H,6-7H2,(H,13,14,15);7-9H,2-6H2,1H3;2H,1,3-4H2. The Bertz CT molecular complexity index is 686. The van der Waals surface area contributed by atoms with Crippen molar-refractivity contribution in [2.75, 3.05) is 33.2 Å². The number of nitrogens with two attached hydrogens (primary N) is 1. The van der Waals surface area contributed by atoms with E-state index in [1.165, 1.54) is 43.6 Å². The molecule has 158 valence electrons. The van der Waals surface area contributed by atoms with Gasteiger partial charge in [-0.3, -0.25) is 4.79 Å². The van der Waals surface area contributed by atoms with Crippen LogP contribution in [0.4, 0.5) is 0 Å². The minimum absolute atomic E-state index is 0.583. The van der Waals surface area contributed by atoms with E-state index in [4.69, 9.17) is 5.73 Å². The van der Waals surface area contributed by atoms with Crippen LogP contribution < -0.4 is 16.4 Å². The second-order valence-corrected chi connectivity index (χ2v) is 7.54. The zero-order valence-corrected chi connectivity index (χ0v) is 17.5. The van der Waals surface area contributed by atoms with Gasteiger partial charge in [-0.25, -0.2) is 4.99 Å². The molecule has 6 heteroatoms. The molecule has 0 radical (unpaired) electrons. The fourth-order valence-electron chi connectivity index (χ4n) is 3.82. The maximum atomic E-state index is 10.2. The molecule has 29 heavy (non-hydrogen) atoms. The summed E-state index contributed by atoms with van der Waals surface area (Å²) in [5.74, 6) is 1.70. The zero-order chi connectivity index (χ0) is 20.9. The predicted molar refractivity (Wildman–Crippen MR) is 122 cm³/mol. The van der Waals surface area contributed by atoms with Crippen molar-refractivity contribution in [3.05, 3.63) is 54.8 Å². The summed E-state index contributed by atoms with van der Waals surface area (Å²) in [7, 11) is 2.23. The molecule has 0 spiro atoms. The third-order valence-electron chi connectivity index (χ3n) is 5.40. The molecule has 3 aliphatic heterocycles. The summed E-state index contributed by atoms with van der Waals surface area (Å²) < 4.78 is 0. The maximum absolute atomic E-state index is 10.2. The van der Waals surface area contributed by atoms with E-state index in [-0.39, 0.29) is 0 Å². The van der Waals surface area contributed by atoms with Crippen LogP contribution in [0.1, 0.15) is 31.2 Å². The van der Waals surface area contributed by atoms with Crippen LogP contribution >= 0.6 is 0 Å². The van der Waals surface area contributed by atoms with Gasteiger partial charge in [-0.05, 0) is 56.5 Å². The molecule has 4 N–H and O–H groups in total. The summed E-state index contributed by atoms with van der Waals surface area (Å²) in [5, 5.41) is 6.13. The van der Waals surface area contributed by atoms with Crippen LogP contribution in [0.5, 0.6) is 0 Å². The Morgan fingerprint density at radius 3 is 2.69 bits per heavy atom. The normalized spacial score (nSPS) is 23.1. The second-order valence-electron chi connectivity index (χ2n) is 7.54. The maximum Gasteiger partial charge on any atom is 0.212 e. The van der Waals surface area contributed by atoms with Gasteiger partial charge in [0.05, 0.1) is 0 Å². The number of nitrogens with one attached hydrogen (secondary N) is 2. The van der Waals surface area contributed by atoms with Crippen LogP contribution in [-0.4, -0.2) is 56.4 Å². The molecule has 0 bridgehead atoms. The first-order valence-corrected chi connectivity index (χ1v) is 10.4. The van der Waals surface area contributed by atoms with Crippen molar-refractivity contribution in [2.24, 2.45) is 16.6 Å². The number of likely N-dealkylation sites (tertiary alicyclic amines) is 1. The highest BCUT2D eigenvalue weighted by molar-refractivity contribution is 5.93. The number of piperidine rings is 1. The van der Waals surface area contributed by atoms with Gasteiger partial charge in [0.1, 0.15) is 5.84 Å². The number of hydrogen-bond donors (Lipinski definition) is 3. The molecule has 1 amide bonds. The molecule has 6 nitrogen and oxygen atoms in total. The van der Waals surface area contributed by atoms with Gasteiger partial charge in [-0.1, -0.05) is 36.4 Å². The smallest absolute Gasteiger partial charge is 0.212 e. The minimum atomic E-state index is 0.583. The average Bonchev–Trinajstić information content (AvgIpc) is 3.23. The summed E-state index contributed by atoms with van der Waals surface area (Å²) in [5.41, 5.74) is 7.32. The highest BCUT2D eigenvalue weighted by Crippen LogP contribution is 2.23. The van der Waals surface area contributed by atoms with Crippen LogP contribution in [-0.2, 0) is 4.79 Å². The van der Waals surface area contributed by atoms with E-state index >= 15 is 0 Å². The summed E-state index contributed by atoms with van der Waals surface area (Å²) in [6.07, 6.45) is 8.62. The monoisotopic (exact) mass is 397 g/mol. The van der Waals surface area contributed by atoms with E-state index in [1.807, 2.05) is 24.4 Å². The topological polar surface area (TPSA) is 82.8 Å². The van der Waals surface area contributed by atoms with Crippen molar-refractivity contribution < 1.29 is 4.79 Å².